The second kappa shape index (κ2) is 39.6. The first-order valence-electron chi connectivity index (χ1n) is 23.2. The van der Waals surface area contributed by atoms with Crippen LogP contribution in [0.1, 0.15) is 187 Å². The summed E-state index contributed by atoms with van der Waals surface area (Å²) in [7, 11) is 1.54. The number of carbonyl (C=O) groups excluding carboxylic acids is 1. The van der Waals surface area contributed by atoms with Crippen molar-refractivity contribution in [2.75, 3.05) is 40.9 Å². The van der Waals surface area contributed by atoms with Crippen LogP contribution in [0.2, 0.25) is 0 Å². The van der Waals surface area contributed by atoms with Gasteiger partial charge in [0.05, 0.1) is 39.9 Å². The quantitative estimate of drug-likeness (QED) is 0.0245. The number of unbranched alkanes of at least 4 members (excludes halogenated alkanes) is 20. The molecule has 3 atom stereocenters. The molecule has 57 heavy (non-hydrogen) atoms. The number of phosphoric ester groups is 1. The zero-order valence-electron chi connectivity index (χ0n) is 37.6. The van der Waals surface area contributed by atoms with E-state index in [-0.39, 0.29) is 19.1 Å². The lowest BCUT2D eigenvalue weighted by Gasteiger charge is -2.25. The van der Waals surface area contributed by atoms with Gasteiger partial charge in [0.15, 0.2) is 0 Å². The van der Waals surface area contributed by atoms with Gasteiger partial charge < -0.3 is 19.8 Å². The van der Waals surface area contributed by atoms with Crippen LogP contribution in [0, 0.1) is 0 Å². The number of quaternary nitrogens is 1. The van der Waals surface area contributed by atoms with Crippen LogP contribution in [0.25, 0.3) is 0 Å². The molecule has 0 bridgehead atoms. The van der Waals surface area contributed by atoms with Gasteiger partial charge in [-0.3, -0.25) is 13.8 Å². The van der Waals surface area contributed by atoms with Crippen LogP contribution in [-0.2, 0) is 18.4 Å². The number of nitrogens with zero attached hydrogens (tertiary/aromatic N) is 1. The van der Waals surface area contributed by atoms with Gasteiger partial charge in [0.1, 0.15) is 13.2 Å². The minimum Gasteiger partial charge on any atom is -0.387 e. The summed E-state index contributed by atoms with van der Waals surface area (Å²) in [6, 6.07) is -0.871. The predicted molar refractivity (Wildman–Crippen MR) is 244 cm³/mol. The average molecular weight is 822 g/mol. The molecule has 3 unspecified atom stereocenters. The van der Waals surface area contributed by atoms with E-state index in [0.717, 1.165) is 64.2 Å². The van der Waals surface area contributed by atoms with E-state index in [4.69, 9.17) is 9.05 Å². The summed E-state index contributed by atoms with van der Waals surface area (Å²) in [5.41, 5.74) is 0. The average Bonchev–Trinajstić information content (AvgIpc) is 3.16. The molecule has 0 aromatic rings. The standard InChI is InChI=1S/C48H89N2O6P/c1-6-8-10-12-14-16-18-20-22-24-25-26-28-30-32-34-36-38-40-42-48(52)49-46(45-56-57(53,54)55-44-43-50(3,4)5)47(51)41-39-37-35-33-31-29-27-23-21-19-17-15-13-11-9-7-2/h14,16,20,22,25-26,31,33,39,41,46-47,51H,6-13,15,17-19,21,23-24,27-30,32,34-38,40,42-45H2,1-5H3,(H-,49,52,53,54)/p+1/b16-14-,22-20-,26-25-,33-31+,41-39+. The highest BCUT2D eigenvalue weighted by atomic mass is 31.2. The highest BCUT2D eigenvalue weighted by molar-refractivity contribution is 7.47. The lowest BCUT2D eigenvalue weighted by atomic mass is 10.1. The van der Waals surface area contributed by atoms with Gasteiger partial charge in [0, 0.05) is 6.42 Å². The number of allylic oxidation sites excluding steroid dienone is 9. The maximum absolute atomic E-state index is 12.9. The molecule has 0 aromatic heterocycles. The molecule has 0 aliphatic rings. The predicted octanol–water partition coefficient (Wildman–Crippen LogP) is 13.0. The molecule has 0 radical (unpaired) electrons. The summed E-state index contributed by atoms with van der Waals surface area (Å²) >= 11 is 0. The molecular weight excluding hydrogens is 732 g/mol. The SMILES string of the molecule is CCCCC/C=C\C/C=C\C/C=C\CCCCCCCCC(=O)NC(COP(=O)(O)OCC[N+](C)(C)C)C(O)/C=C/CC/C=C/CCCCCCCCCCCC. The minimum atomic E-state index is -4.35. The van der Waals surface area contributed by atoms with Gasteiger partial charge in [0.25, 0.3) is 0 Å². The maximum atomic E-state index is 12.9. The summed E-state index contributed by atoms with van der Waals surface area (Å²) in [6.07, 6.45) is 51.4. The molecule has 1 amide bonds. The van der Waals surface area contributed by atoms with Crippen molar-refractivity contribution in [1.82, 2.24) is 5.32 Å². The number of hydrogen-bond donors (Lipinski definition) is 3. The third-order valence-corrected chi connectivity index (χ3v) is 10.9. The fourth-order valence-corrected chi connectivity index (χ4v) is 6.97. The third kappa shape index (κ3) is 42.1. The fraction of sp³-hybridized carbons (Fsp3) is 0.771. The van der Waals surface area contributed by atoms with Crippen LogP contribution in [-0.4, -0.2) is 73.4 Å². The Hall–Kier alpha value is -1.80. The monoisotopic (exact) mass is 822 g/mol. The van der Waals surface area contributed by atoms with Gasteiger partial charge in [-0.1, -0.05) is 171 Å². The van der Waals surface area contributed by atoms with Crippen LogP contribution < -0.4 is 5.32 Å². The van der Waals surface area contributed by atoms with Gasteiger partial charge in [-0.15, -0.1) is 0 Å². The number of phosphoric acid groups is 1. The second-order valence-electron chi connectivity index (χ2n) is 16.8. The van der Waals surface area contributed by atoms with Crippen LogP contribution in [0.3, 0.4) is 0 Å². The smallest absolute Gasteiger partial charge is 0.387 e. The molecule has 332 valence electrons. The summed E-state index contributed by atoms with van der Waals surface area (Å²) in [4.78, 5) is 23.1. The van der Waals surface area contributed by atoms with Crippen LogP contribution >= 0.6 is 7.82 Å². The number of hydrogen-bond acceptors (Lipinski definition) is 5. The number of likely N-dealkylation sites (N-methyl/N-ethyl adjacent to an activating group) is 1. The summed E-state index contributed by atoms with van der Waals surface area (Å²) < 4.78 is 23.5. The van der Waals surface area contributed by atoms with E-state index in [1.807, 2.05) is 27.2 Å². The Bertz CT molecular complexity index is 1110. The van der Waals surface area contributed by atoms with Crippen molar-refractivity contribution in [1.29, 1.82) is 0 Å². The van der Waals surface area contributed by atoms with Gasteiger partial charge in [-0.05, 0) is 70.6 Å². The van der Waals surface area contributed by atoms with Crippen molar-refractivity contribution >= 4 is 13.7 Å². The molecule has 0 rings (SSSR count). The Kier molecular flexibility index (Phi) is 38.4. The Morgan fingerprint density at radius 2 is 1.02 bits per heavy atom. The lowest BCUT2D eigenvalue weighted by Crippen LogP contribution is -2.45. The topological polar surface area (TPSA) is 105 Å². The van der Waals surface area contributed by atoms with Crippen molar-refractivity contribution in [3.05, 3.63) is 60.8 Å². The number of aliphatic hydroxyl groups excluding tert-OH is 1. The number of aliphatic hydroxyl groups is 1. The van der Waals surface area contributed by atoms with E-state index >= 15 is 0 Å². The highest BCUT2D eigenvalue weighted by Crippen LogP contribution is 2.43. The maximum Gasteiger partial charge on any atom is 0.472 e. The molecule has 0 saturated heterocycles. The van der Waals surface area contributed by atoms with Crippen LogP contribution in [0.4, 0.5) is 0 Å². The Morgan fingerprint density at radius 1 is 0.596 bits per heavy atom. The third-order valence-electron chi connectivity index (χ3n) is 9.96. The second-order valence-corrected chi connectivity index (χ2v) is 18.2. The summed E-state index contributed by atoms with van der Waals surface area (Å²) in [5.74, 6) is -0.202. The summed E-state index contributed by atoms with van der Waals surface area (Å²) in [6.45, 7) is 4.74. The fourth-order valence-electron chi connectivity index (χ4n) is 6.24. The van der Waals surface area contributed by atoms with E-state index in [0.29, 0.717) is 17.4 Å². The number of rotatable bonds is 41. The number of amides is 1. The zero-order chi connectivity index (χ0) is 42.1. The van der Waals surface area contributed by atoms with Crippen LogP contribution in [0.5, 0.6) is 0 Å². The first-order chi connectivity index (χ1) is 27.5. The molecule has 0 saturated carbocycles. The first-order valence-corrected chi connectivity index (χ1v) is 24.7. The van der Waals surface area contributed by atoms with Crippen molar-refractivity contribution in [2.45, 2.75) is 199 Å². The molecule has 9 heteroatoms. The van der Waals surface area contributed by atoms with Crippen molar-refractivity contribution in [3.63, 3.8) is 0 Å². The molecule has 0 spiro atoms. The van der Waals surface area contributed by atoms with E-state index in [1.54, 1.807) is 6.08 Å². The molecule has 8 nitrogen and oxygen atoms in total. The number of nitrogens with one attached hydrogen (secondary N) is 1. The van der Waals surface area contributed by atoms with Crippen molar-refractivity contribution in [3.8, 4) is 0 Å². The molecule has 3 N–H and O–H groups in total. The van der Waals surface area contributed by atoms with Crippen molar-refractivity contribution < 1.29 is 32.9 Å². The van der Waals surface area contributed by atoms with Crippen LogP contribution in [0.15, 0.2) is 60.8 Å². The molecule has 0 fully saturated rings. The Balaban J connectivity index is 4.48. The molecule has 0 aliphatic heterocycles. The highest BCUT2D eigenvalue weighted by Gasteiger charge is 2.27. The summed E-state index contributed by atoms with van der Waals surface area (Å²) in [5, 5.41) is 13.8. The Morgan fingerprint density at radius 3 is 1.56 bits per heavy atom. The first kappa shape index (κ1) is 55.2. The molecular formula is C48H90N2O6P+. The molecule has 0 aliphatic carbocycles. The molecule has 0 aromatic carbocycles. The lowest BCUT2D eigenvalue weighted by molar-refractivity contribution is -0.870. The minimum absolute atomic E-state index is 0.0509. The Labute approximate surface area is 351 Å². The largest absolute Gasteiger partial charge is 0.472 e. The van der Waals surface area contributed by atoms with Gasteiger partial charge >= 0.3 is 7.82 Å². The number of carbonyl (C=O) groups is 1. The molecule has 0 heterocycles. The van der Waals surface area contributed by atoms with E-state index < -0.39 is 20.0 Å². The van der Waals surface area contributed by atoms with Gasteiger partial charge in [-0.25, -0.2) is 4.57 Å². The van der Waals surface area contributed by atoms with E-state index in [1.165, 1.54) is 103 Å². The zero-order valence-corrected chi connectivity index (χ0v) is 38.5. The van der Waals surface area contributed by atoms with E-state index in [2.05, 4.69) is 67.8 Å². The van der Waals surface area contributed by atoms with Crippen molar-refractivity contribution in [2.24, 2.45) is 0 Å². The van der Waals surface area contributed by atoms with E-state index in [9.17, 15) is 19.4 Å². The normalized spacial score (nSPS) is 14.9. The van der Waals surface area contributed by atoms with Gasteiger partial charge in [0.2, 0.25) is 5.91 Å². The van der Waals surface area contributed by atoms with Gasteiger partial charge in [-0.2, -0.15) is 0 Å².